The molecule has 0 amide bonds. The Hall–Kier alpha value is -0.450. The number of nitrogens with zero attached hydrogens (tertiary/aromatic N) is 1. The summed E-state index contributed by atoms with van der Waals surface area (Å²) in [5.41, 5.74) is 2.89. The van der Waals surface area contributed by atoms with Crippen LogP contribution in [0.4, 0.5) is 0 Å². The number of hydrogen-bond donors (Lipinski definition) is 1. The standard InChI is InChI=1S/C9H14N2OS/c1-2-10-3-8(1)4-12-5-9-6-13-7-11-9/h6-8,10H,1-5H2/t8-/m0/s1. The molecule has 72 valence electrons. The molecule has 0 saturated carbocycles. The summed E-state index contributed by atoms with van der Waals surface area (Å²) in [4.78, 5) is 4.16. The number of thiazole rings is 1. The van der Waals surface area contributed by atoms with E-state index < -0.39 is 0 Å². The number of ether oxygens (including phenoxy) is 1. The minimum Gasteiger partial charge on any atom is -0.375 e. The van der Waals surface area contributed by atoms with Gasteiger partial charge in [0.2, 0.25) is 0 Å². The molecule has 0 unspecified atom stereocenters. The van der Waals surface area contributed by atoms with E-state index in [1.807, 2.05) is 10.9 Å². The van der Waals surface area contributed by atoms with Gasteiger partial charge in [0.25, 0.3) is 0 Å². The molecule has 2 heterocycles. The van der Waals surface area contributed by atoms with E-state index in [2.05, 4.69) is 10.3 Å². The first-order valence-electron chi connectivity index (χ1n) is 4.60. The highest BCUT2D eigenvalue weighted by atomic mass is 32.1. The third-order valence-electron chi connectivity index (χ3n) is 2.25. The molecular formula is C9H14N2OS. The van der Waals surface area contributed by atoms with Gasteiger partial charge in [-0.3, -0.25) is 0 Å². The van der Waals surface area contributed by atoms with Crippen molar-refractivity contribution in [3.05, 3.63) is 16.6 Å². The van der Waals surface area contributed by atoms with E-state index in [0.29, 0.717) is 12.5 Å². The molecular weight excluding hydrogens is 184 g/mol. The van der Waals surface area contributed by atoms with Gasteiger partial charge in [0.1, 0.15) is 0 Å². The Labute approximate surface area is 82.1 Å². The Morgan fingerprint density at radius 1 is 1.69 bits per heavy atom. The number of nitrogens with one attached hydrogen (secondary N) is 1. The average Bonchev–Trinajstić information content (AvgIpc) is 2.75. The zero-order valence-electron chi connectivity index (χ0n) is 7.53. The van der Waals surface area contributed by atoms with E-state index in [4.69, 9.17) is 4.74 Å². The van der Waals surface area contributed by atoms with Crippen molar-refractivity contribution < 1.29 is 4.74 Å². The summed E-state index contributed by atoms with van der Waals surface area (Å²) < 4.78 is 5.57. The smallest absolute Gasteiger partial charge is 0.0896 e. The quantitative estimate of drug-likeness (QED) is 0.791. The second-order valence-electron chi connectivity index (χ2n) is 3.35. The van der Waals surface area contributed by atoms with E-state index in [-0.39, 0.29) is 0 Å². The molecule has 1 aromatic heterocycles. The lowest BCUT2D eigenvalue weighted by Gasteiger charge is -2.07. The Bertz CT molecular complexity index is 232. The maximum Gasteiger partial charge on any atom is 0.0896 e. The fourth-order valence-electron chi connectivity index (χ4n) is 1.50. The van der Waals surface area contributed by atoms with Crippen LogP contribution < -0.4 is 5.32 Å². The van der Waals surface area contributed by atoms with E-state index in [9.17, 15) is 0 Å². The first-order valence-corrected chi connectivity index (χ1v) is 5.55. The van der Waals surface area contributed by atoms with Crippen LogP contribution in [0.3, 0.4) is 0 Å². The van der Waals surface area contributed by atoms with Gasteiger partial charge in [0.15, 0.2) is 0 Å². The lowest BCUT2D eigenvalue weighted by atomic mass is 10.1. The van der Waals surface area contributed by atoms with Gasteiger partial charge in [0.05, 0.1) is 24.4 Å². The predicted molar refractivity (Wildman–Crippen MR) is 52.7 cm³/mol. The third-order valence-corrected chi connectivity index (χ3v) is 2.88. The maximum absolute atomic E-state index is 5.57. The van der Waals surface area contributed by atoms with Crippen molar-refractivity contribution in [2.24, 2.45) is 5.92 Å². The average molecular weight is 198 g/mol. The molecule has 4 heteroatoms. The molecule has 1 aromatic rings. The van der Waals surface area contributed by atoms with Crippen molar-refractivity contribution in [1.29, 1.82) is 0 Å². The Morgan fingerprint density at radius 3 is 3.38 bits per heavy atom. The van der Waals surface area contributed by atoms with Crippen LogP contribution in [-0.2, 0) is 11.3 Å². The topological polar surface area (TPSA) is 34.1 Å². The summed E-state index contributed by atoms with van der Waals surface area (Å²) in [6.07, 6.45) is 1.25. The van der Waals surface area contributed by atoms with Gasteiger partial charge in [-0.25, -0.2) is 4.98 Å². The summed E-state index contributed by atoms with van der Waals surface area (Å²) in [5.74, 6) is 0.707. The van der Waals surface area contributed by atoms with Crippen LogP contribution in [0.1, 0.15) is 12.1 Å². The molecule has 1 saturated heterocycles. The minimum atomic E-state index is 0.667. The number of rotatable bonds is 4. The zero-order valence-corrected chi connectivity index (χ0v) is 8.35. The molecule has 0 spiro atoms. The van der Waals surface area contributed by atoms with E-state index >= 15 is 0 Å². The van der Waals surface area contributed by atoms with E-state index in [1.54, 1.807) is 11.3 Å². The second kappa shape index (κ2) is 4.69. The Kier molecular flexibility index (Phi) is 3.29. The molecule has 0 aliphatic carbocycles. The van der Waals surface area contributed by atoms with Gasteiger partial charge in [-0.15, -0.1) is 11.3 Å². The van der Waals surface area contributed by atoms with Gasteiger partial charge in [-0.05, 0) is 18.9 Å². The van der Waals surface area contributed by atoms with Crippen molar-refractivity contribution in [1.82, 2.24) is 10.3 Å². The van der Waals surface area contributed by atoms with Crippen molar-refractivity contribution in [2.45, 2.75) is 13.0 Å². The van der Waals surface area contributed by atoms with Gasteiger partial charge < -0.3 is 10.1 Å². The largest absolute Gasteiger partial charge is 0.375 e. The highest BCUT2D eigenvalue weighted by Gasteiger charge is 2.14. The normalized spacial score (nSPS) is 22.3. The van der Waals surface area contributed by atoms with Crippen LogP contribution in [-0.4, -0.2) is 24.7 Å². The Morgan fingerprint density at radius 2 is 2.69 bits per heavy atom. The summed E-state index contributed by atoms with van der Waals surface area (Å²) >= 11 is 1.62. The first kappa shape index (κ1) is 9.12. The fraction of sp³-hybridized carbons (Fsp3) is 0.667. The van der Waals surface area contributed by atoms with Gasteiger partial charge in [0, 0.05) is 11.9 Å². The summed E-state index contributed by atoms with van der Waals surface area (Å²) in [6, 6.07) is 0. The zero-order chi connectivity index (χ0) is 8.93. The van der Waals surface area contributed by atoms with Crippen LogP contribution in [0.25, 0.3) is 0 Å². The Balaban J connectivity index is 1.63. The molecule has 0 radical (unpaired) electrons. The predicted octanol–water partition coefficient (Wildman–Crippen LogP) is 1.27. The van der Waals surface area contributed by atoms with Crippen molar-refractivity contribution >= 4 is 11.3 Å². The van der Waals surface area contributed by atoms with Gasteiger partial charge >= 0.3 is 0 Å². The van der Waals surface area contributed by atoms with E-state index in [0.717, 1.165) is 25.4 Å². The minimum absolute atomic E-state index is 0.667. The van der Waals surface area contributed by atoms with Gasteiger partial charge in [-0.1, -0.05) is 0 Å². The molecule has 2 rings (SSSR count). The highest BCUT2D eigenvalue weighted by Crippen LogP contribution is 2.09. The van der Waals surface area contributed by atoms with Crippen LogP contribution in [0.15, 0.2) is 10.9 Å². The van der Waals surface area contributed by atoms with Crippen LogP contribution in [0.5, 0.6) is 0 Å². The number of aromatic nitrogens is 1. The molecule has 1 atom stereocenters. The van der Waals surface area contributed by atoms with Crippen LogP contribution in [0, 0.1) is 5.92 Å². The SMILES string of the molecule is c1nc(COC[C@H]2CCNC2)cs1. The third kappa shape index (κ3) is 2.76. The number of hydrogen-bond acceptors (Lipinski definition) is 4. The van der Waals surface area contributed by atoms with Crippen molar-refractivity contribution in [3.63, 3.8) is 0 Å². The molecule has 1 N–H and O–H groups in total. The van der Waals surface area contributed by atoms with Crippen molar-refractivity contribution in [2.75, 3.05) is 19.7 Å². The summed E-state index contributed by atoms with van der Waals surface area (Å²) in [6.45, 7) is 3.78. The second-order valence-corrected chi connectivity index (χ2v) is 4.07. The molecule has 1 fully saturated rings. The summed E-state index contributed by atoms with van der Waals surface area (Å²) in [7, 11) is 0. The first-order chi connectivity index (χ1) is 6.45. The molecule has 3 nitrogen and oxygen atoms in total. The highest BCUT2D eigenvalue weighted by molar-refractivity contribution is 7.07. The maximum atomic E-state index is 5.57. The van der Waals surface area contributed by atoms with E-state index in [1.165, 1.54) is 6.42 Å². The van der Waals surface area contributed by atoms with Crippen LogP contribution in [0.2, 0.25) is 0 Å². The van der Waals surface area contributed by atoms with Crippen molar-refractivity contribution in [3.8, 4) is 0 Å². The molecule has 1 aliphatic rings. The molecule has 0 aromatic carbocycles. The van der Waals surface area contributed by atoms with Gasteiger partial charge in [-0.2, -0.15) is 0 Å². The molecule has 1 aliphatic heterocycles. The lowest BCUT2D eigenvalue weighted by molar-refractivity contribution is 0.0906. The van der Waals surface area contributed by atoms with Crippen LogP contribution >= 0.6 is 11.3 Å². The summed E-state index contributed by atoms with van der Waals surface area (Å²) in [5, 5.41) is 5.36. The molecule has 0 bridgehead atoms. The lowest BCUT2D eigenvalue weighted by Crippen LogP contribution is -2.13. The molecule has 13 heavy (non-hydrogen) atoms. The fourth-order valence-corrected chi connectivity index (χ4v) is 2.04. The monoisotopic (exact) mass is 198 g/mol.